The molecule has 0 aromatic carbocycles. The quantitative estimate of drug-likeness (QED) is 0.452. The molecule has 4 rings (SSSR count). The van der Waals surface area contributed by atoms with E-state index in [1.165, 1.54) is 51.4 Å². The van der Waals surface area contributed by atoms with Crippen LogP contribution in [0.5, 0.6) is 0 Å². The summed E-state index contributed by atoms with van der Waals surface area (Å²) >= 11 is 0. The third-order valence-electron chi connectivity index (χ3n) is 9.29. The van der Waals surface area contributed by atoms with Gasteiger partial charge in [0.1, 0.15) is 0 Å². The second-order valence-electron chi connectivity index (χ2n) is 10.0. The SMILES string of the molecule is C.C=CC1CCC2C3CC[C@@H]4CC(C)CC[C@]4(C)C3CCC12C. The smallest absolute Gasteiger partial charge is 0.0179 e. The number of hydrogen-bond acceptors (Lipinski definition) is 0. The highest BCUT2D eigenvalue weighted by atomic mass is 14.6. The van der Waals surface area contributed by atoms with E-state index in [4.69, 9.17) is 0 Å². The average Bonchev–Trinajstić information content (AvgIpc) is 2.84. The van der Waals surface area contributed by atoms with Crippen LogP contribution in [0.4, 0.5) is 0 Å². The average molecular weight is 317 g/mol. The van der Waals surface area contributed by atoms with Gasteiger partial charge in [-0.25, -0.2) is 0 Å². The molecule has 4 saturated carbocycles. The molecule has 4 aliphatic carbocycles. The Kier molecular flexibility index (Phi) is 4.52. The third-order valence-corrected chi connectivity index (χ3v) is 9.29. The van der Waals surface area contributed by atoms with E-state index in [-0.39, 0.29) is 7.43 Å². The fourth-order valence-corrected chi connectivity index (χ4v) is 7.90. The van der Waals surface area contributed by atoms with Gasteiger partial charge in [-0.1, -0.05) is 40.7 Å². The van der Waals surface area contributed by atoms with Crippen LogP contribution in [0, 0.1) is 46.3 Å². The lowest BCUT2D eigenvalue weighted by Crippen LogP contribution is -2.53. The molecule has 0 nitrogen and oxygen atoms in total. The lowest BCUT2D eigenvalue weighted by molar-refractivity contribution is -0.114. The van der Waals surface area contributed by atoms with Gasteiger partial charge in [-0.3, -0.25) is 0 Å². The van der Waals surface area contributed by atoms with E-state index in [1.807, 2.05) is 0 Å². The van der Waals surface area contributed by atoms with Crippen molar-refractivity contribution in [3.05, 3.63) is 12.7 Å². The maximum Gasteiger partial charge on any atom is -0.0179 e. The summed E-state index contributed by atoms with van der Waals surface area (Å²) in [4.78, 5) is 0. The Morgan fingerprint density at radius 2 is 1.57 bits per heavy atom. The highest BCUT2D eigenvalue weighted by molar-refractivity contribution is 5.11. The molecule has 0 saturated heterocycles. The van der Waals surface area contributed by atoms with E-state index < -0.39 is 0 Å². The van der Waals surface area contributed by atoms with E-state index >= 15 is 0 Å². The van der Waals surface area contributed by atoms with Gasteiger partial charge in [-0.15, -0.1) is 6.58 Å². The van der Waals surface area contributed by atoms with Gasteiger partial charge >= 0.3 is 0 Å². The first kappa shape index (κ1) is 17.6. The van der Waals surface area contributed by atoms with Gasteiger partial charge in [0, 0.05) is 0 Å². The van der Waals surface area contributed by atoms with E-state index in [9.17, 15) is 0 Å². The molecule has 8 atom stereocenters. The first-order valence-corrected chi connectivity index (χ1v) is 10.1. The molecule has 0 aromatic rings. The van der Waals surface area contributed by atoms with Crippen LogP contribution in [-0.4, -0.2) is 0 Å². The van der Waals surface area contributed by atoms with Gasteiger partial charge in [-0.2, -0.15) is 0 Å². The highest BCUT2D eigenvalue weighted by Crippen LogP contribution is 2.67. The summed E-state index contributed by atoms with van der Waals surface area (Å²) < 4.78 is 0. The van der Waals surface area contributed by atoms with Crippen LogP contribution in [0.15, 0.2) is 12.7 Å². The molecule has 0 aliphatic heterocycles. The zero-order valence-corrected chi connectivity index (χ0v) is 15.1. The summed E-state index contributed by atoms with van der Waals surface area (Å²) in [5.74, 6) is 5.92. The van der Waals surface area contributed by atoms with Crippen LogP contribution in [0.1, 0.15) is 86.0 Å². The maximum atomic E-state index is 4.17. The molecule has 4 fully saturated rings. The fraction of sp³-hybridized carbons (Fsp3) is 0.913. The molecule has 0 radical (unpaired) electrons. The first-order chi connectivity index (χ1) is 10.5. The van der Waals surface area contributed by atoms with Crippen molar-refractivity contribution in [1.82, 2.24) is 0 Å². The second kappa shape index (κ2) is 5.92. The molecule has 0 amide bonds. The summed E-state index contributed by atoms with van der Waals surface area (Å²) in [5, 5.41) is 0. The predicted octanol–water partition coefficient (Wildman–Crippen LogP) is 7.10. The summed E-state index contributed by atoms with van der Waals surface area (Å²) in [7, 11) is 0. The Bertz CT molecular complexity index is 451. The zero-order valence-electron chi connectivity index (χ0n) is 15.1. The van der Waals surface area contributed by atoms with Crippen LogP contribution in [0.3, 0.4) is 0 Å². The predicted molar refractivity (Wildman–Crippen MR) is 101 cm³/mol. The first-order valence-electron chi connectivity index (χ1n) is 10.1. The summed E-state index contributed by atoms with van der Waals surface area (Å²) in [6, 6.07) is 0. The molecular weight excluding hydrogens is 276 g/mol. The monoisotopic (exact) mass is 316 g/mol. The standard InChI is InChI=1S/C22H36.CH4/c1-5-16-7-9-19-18-8-6-17-14-15(2)10-12-22(17,4)20(18)11-13-21(16,19)3;/h5,15-20H,1,6-14H2,2-4H3;1H4/t15?,16?,17-,18?,19?,20?,21?,22+;/m1./s1. The summed E-state index contributed by atoms with van der Waals surface area (Å²) in [6.45, 7) is 12.0. The van der Waals surface area contributed by atoms with Gasteiger partial charge in [-0.05, 0) is 97.7 Å². The number of fused-ring (bicyclic) bond motifs is 5. The molecule has 132 valence electrons. The Hall–Kier alpha value is -0.260. The number of rotatable bonds is 1. The van der Waals surface area contributed by atoms with E-state index in [0.29, 0.717) is 10.8 Å². The van der Waals surface area contributed by atoms with Gasteiger partial charge in [0.05, 0.1) is 0 Å². The minimum absolute atomic E-state index is 0. The molecule has 0 heterocycles. The minimum atomic E-state index is 0. The third kappa shape index (κ3) is 2.37. The normalized spacial score (nSPS) is 55.1. The van der Waals surface area contributed by atoms with Crippen LogP contribution in [-0.2, 0) is 0 Å². The summed E-state index contributed by atoms with van der Waals surface area (Å²) in [6.07, 6.45) is 15.8. The lowest BCUT2D eigenvalue weighted by atomic mass is 9.44. The lowest BCUT2D eigenvalue weighted by Gasteiger charge is -2.61. The largest absolute Gasteiger partial charge is 0.103 e. The Balaban J connectivity index is 0.00000156. The van der Waals surface area contributed by atoms with Crippen molar-refractivity contribution < 1.29 is 0 Å². The Labute approximate surface area is 145 Å². The van der Waals surface area contributed by atoms with Crippen molar-refractivity contribution in [3.8, 4) is 0 Å². The molecule has 23 heavy (non-hydrogen) atoms. The van der Waals surface area contributed by atoms with Crippen molar-refractivity contribution in [2.75, 3.05) is 0 Å². The van der Waals surface area contributed by atoms with Crippen molar-refractivity contribution in [3.63, 3.8) is 0 Å². The fourth-order valence-electron chi connectivity index (χ4n) is 7.90. The molecule has 0 spiro atoms. The van der Waals surface area contributed by atoms with E-state index in [0.717, 1.165) is 35.5 Å². The van der Waals surface area contributed by atoms with Crippen molar-refractivity contribution in [2.45, 2.75) is 86.0 Å². The van der Waals surface area contributed by atoms with Crippen LogP contribution >= 0.6 is 0 Å². The zero-order chi connectivity index (χ0) is 15.5. The second-order valence-corrected chi connectivity index (χ2v) is 10.0. The van der Waals surface area contributed by atoms with Gasteiger partial charge in [0.15, 0.2) is 0 Å². The van der Waals surface area contributed by atoms with Crippen LogP contribution < -0.4 is 0 Å². The molecule has 6 unspecified atom stereocenters. The molecule has 0 heteroatoms. The highest BCUT2D eigenvalue weighted by Gasteiger charge is 2.59. The molecular formula is C23H40. The Morgan fingerprint density at radius 3 is 2.30 bits per heavy atom. The van der Waals surface area contributed by atoms with Gasteiger partial charge < -0.3 is 0 Å². The van der Waals surface area contributed by atoms with Crippen molar-refractivity contribution in [2.24, 2.45) is 46.3 Å². The molecule has 4 aliphatic rings. The van der Waals surface area contributed by atoms with Crippen molar-refractivity contribution >= 4 is 0 Å². The van der Waals surface area contributed by atoms with Crippen LogP contribution in [0.25, 0.3) is 0 Å². The molecule has 0 N–H and O–H groups in total. The molecule has 0 bridgehead atoms. The van der Waals surface area contributed by atoms with E-state index in [1.54, 1.807) is 6.42 Å². The Morgan fingerprint density at radius 1 is 0.870 bits per heavy atom. The summed E-state index contributed by atoms with van der Waals surface area (Å²) in [5.41, 5.74) is 1.27. The topological polar surface area (TPSA) is 0 Å². The van der Waals surface area contributed by atoms with Crippen LogP contribution in [0.2, 0.25) is 0 Å². The van der Waals surface area contributed by atoms with Gasteiger partial charge in [0.25, 0.3) is 0 Å². The van der Waals surface area contributed by atoms with Gasteiger partial charge in [0.2, 0.25) is 0 Å². The van der Waals surface area contributed by atoms with E-state index in [2.05, 4.69) is 33.4 Å². The van der Waals surface area contributed by atoms with Crippen molar-refractivity contribution in [1.29, 1.82) is 0 Å². The number of hydrogen-bond donors (Lipinski definition) is 0. The minimum Gasteiger partial charge on any atom is -0.103 e. The number of allylic oxidation sites excluding steroid dienone is 1. The molecule has 0 aromatic heterocycles. The maximum absolute atomic E-state index is 4.17.